The molecule has 1 aliphatic rings. The first-order valence-corrected chi connectivity index (χ1v) is 5.01. The van der Waals surface area contributed by atoms with Crippen LogP contribution in [-0.2, 0) is 0 Å². The molecule has 0 spiro atoms. The highest BCUT2D eigenvalue weighted by atomic mass is 15.5. The lowest BCUT2D eigenvalue weighted by Gasteiger charge is -2.32. The molecule has 0 aromatic rings. The van der Waals surface area contributed by atoms with Crippen molar-refractivity contribution in [3.05, 3.63) is 0 Å². The molecule has 1 saturated heterocycles. The molecule has 0 atom stereocenters. The van der Waals surface area contributed by atoms with E-state index in [1.165, 1.54) is 19.6 Å². The normalized spacial score (nSPS) is 21.5. The molecule has 71 valence electrons. The molecule has 12 heavy (non-hydrogen) atoms. The number of hydrogen-bond donors (Lipinski definition) is 0. The van der Waals surface area contributed by atoms with Crippen molar-refractivity contribution in [3.8, 4) is 0 Å². The minimum absolute atomic E-state index is 0.992. The van der Waals surface area contributed by atoms with Crippen LogP contribution in [0.25, 0.3) is 0 Å². The Hall–Kier alpha value is -0.120. The van der Waals surface area contributed by atoms with Crippen molar-refractivity contribution in [2.45, 2.75) is 20.3 Å². The zero-order valence-electron chi connectivity index (χ0n) is 8.29. The van der Waals surface area contributed by atoms with E-state index in [1.54, 1.807) is 0 Å². The molecule has 1 aliphatic heterocycles. The maximum absolute atomic E-state index is 4.48. The van der Waals surface area contributed by atoms with E-state index in [9.17, 15) is 0 Å². The molecule has 0 N–H and O–H groups in total. The molecule has 3 nitrogen and oxygen atoms in total. The Bertz CT molecular complexity index is 108. The molecule has 0 amide bonds. The average molecular weight is 170 g/mol. The van der Waals surface area contributed by atoms with Crippen LogP contribution in [0.2, 0.25) is 0 Å². The van der Waals surface area contributed by atoms with Crippen LogP contribution in [0.4, 0.5) is 0 Å². The van der Waals surface area contributed by atoms with Crippen LogP contribution in [0.1, 0.15) is 20.3 Å². The molecule has 1 heterocycles. The fourth-order valence-corrected chi connectivity index (χ4v) is 1.44. The fourth-order valence-electron chi connectivity index (χ4n) is 1.44. The molecule has 0 aromatic heterocycles. The molecular weight excluding hydrogens is 150 g/mol. The second kappa shape index (κ2) is 5.51. The SMILES string of the molecule is CCC[N]N1CCN(CC)CC1. The molecule has 0 aliphatic carbocycles. The number of hydrogen-bond acceptors (Lipinski definition) is 2. The molecule has 1 radical (unpaired) electrons. The predicted octanol–water partition coefficient (Wildman–Crippen LogP) is 0.553. The molecule has 0 aromatic carbocycles. The zero-order chi connectivity index (χ0) is 8.81. The van der Waals surface area contributed by atoms with Gasteiger partial charge in [0.2, 0.25) is 0 Å². The first-order chi connectivity index (χ1) is 5.86. The maximum Gasteiger partial charge on any atom is 0.0304 e. The fraction of sp³-hybridized carbons (Fsp3) is 1.00. The minimum atomic E-state index is 0.992. The first kappa shape index (κ1) is 9.96. The van der Waals surface area contributed by atoms with Crippen LogP contribution in [0.3, 0.4) is 0 Å². The Morgan fingerprint density at radius 3 is 2.25 bits per heavy atom. The van der Waals surface area contributed by atoms with Crippen LogP contribution in [0, 0.1) is 0 Å². The van der Waals surface area contributed by atoms with Gasteiger partial charge < -0.3 is 4.90 Å². The summed E-state index contributed by atoms with van der Waals surface area (Å²) in [6.45, 7) is 11.2. The Morgan fingerprint density at radius 2 is 1.75 bits per heavy atom. The summed E-state index contributed by atoms with van der Waals surface area (Å²) in [5, 5.41) is 2.22. The summed E-state index contributed by atoms with van der Waals surface area (Å²) in [6, 6.07) is 0. The van der Waals surface area contributed by atoms with Gasteiger partial charge in [0.1, 0.15) is 0 Å². The van der Waals surface area contributed by atoms with Crippen molar-refractivity contribution in [1.29, 1.82) is 0 Å². The molecule has 1 fully saturated rings. The Balaban J connectivity index is 2.09. The zero-order valence-corrected chi connectivity index (χ0v) is 8.29. The van der Waals surface area contributed by atoms with E-state index in [1.807, 2.05) is 0 Å². The summed E-state index contributed by atoms with van der Waals surface area (Å²) in [5.74, 6) is 0. The van der Waals surface area contributed by atoms with Gasteiger partial charge in [-0.25, -0.2) is 5.01 Å². The van der Waals surface area contributed by atoms with Crippen molar-refractivity contribution >= 4 is 0 Å². The minimum Gasteiger partial charge on any atom is -0.301 e. The van der Waals surface area contributed by atoms with Crippen LogP contribution < -0.4 is 5.43 Å². The van der Waals surface area contributed by atoms with Gasteiger partial charge in [0.05, 0.1) is 0 Å². The molecule has 3 heteroatoms. The molecule has 0 unspecified atom stereocenters. The van der Waals surface area contributed by atoms with Crippen LogP contribution >= 0.6 is 0 Å². The Kier molecular flexibility index (Phi) is 4.58. The van der Waals surface area contributed by atoms with E-state index in [4.69, 9.17) is 0 Å². The summed E-state index contributed by atoms with van der Waals surface area (Å²) < 4.78 is 0. The van der Waals surface area contributed by atoms with E-state index in [0.29, 0.717) is 0 Å². The van der Waals surface area contributed by atoms with Gasteiger partial charge in [0.25, 0.3) is 0 Å². The largest absolute Gasteiger partial charge is 0.301 e. The van der Waals surface area contributed by atoms with Gasteiger partial charge in [-0.3, -0.25) is 0 Å². The van der Waals surface area contributed by atoms with E-state index >= 15 is 0 Å². The second-order valence-electron chi connectivity index (χ2n) is 3.25. The predicted molar refractivity (Wildman–Crippen MR) is 51.0 cm³/mol. The second-order valence-corrected chi connectivity index (χ2v) is 3.25. The molecule has 1 rings (SSSR count). The highest BCUT2D eigenvalue weighted by Crippen LogP contribution is 1.98. The van der Waals surface area contributed by atoms with Gasteiger partial charge in [-0.1, -0.05) is 13.8 Å². The van der Waals surface area contributed by atoms with Crippen molar-refractivity contribution in [2.75, 3.05) is 39.3 Å². The lowest BCUT2D eigenvalue weighted by molar-refractivity contribution is 0.0887. The van der Waals surface area contributed by atoms with Gasteiger partial charge in [0.15, 0.2) is 0 Å². The summed E-state index contributed by atoms with van der Waals surface area (Å²) in [4.78, 5) is 2.47. The van der Waals surface area contributed by atoms with E-state index in [-0.39, 0.29) is 0 Å². The smallest absolute Gasteiger partial charge is 0.0304 e. The van der Waals surface area contributed by atoms with E-state index < -0.39 is 0 Å². The third-order valence-corrected chi connectivity index (χ3v) is 2.32. The van der Waals surface area contributed by atoms with Crippen molar-refractivity contribution < 1.29 is 0 Å². The molecular formula is C9H20N3. The van der Waals surface area contributed by atoms with Crippen LogP contribution in [0.15, 0.2) is 0 Å². The monoisotopic (exact) mass is 170 g/mol. The van der Waals surface area contributed by atoms with Crippen LogP contribution in [-0.4, -0.2) is 49.2 Å². The van der Waals surface area contributed by atoms with Gasteiger partial charge >= 0.3 is 0 Å². The van der Waals surface area contributed by atoms with Gasteiger partial charge in [-0.15, -0.1) is 0 Å². The van der Waals surface area contributed by atoms with Crippen molar-refractivity contribution in [3.63, 3.8) is 0 Å². The summed E-state index contributed by atoms with van der Waals surface area (Å²) in [6.07, 6.45) is 1.16. The number of piperazine rings is 1. The van der Waals surface area contributed by atoms with E-state index in [0.717, 1.165) is 26.1 Å². The number of likely N-dealkylation sites (N-methyl/N-ethyl adjacent to an activating group) is 1. The third-order valence-electron chi connectivity index (χ3n) is 2.32. The first-order valence-electron chi connectivity index (χ1n) is 5.01. The lowest BCUT2D eigenvalue weighted by atomic mass is 10.3. The average Bonchev–Trinajstić information content (AvgIpc) is 2.15. The Labute approximate surface area is 75.7 Å². The molecule has 0 saturated carbocycles. The third kappa shape index (κ3) is 3.09. The standard InChI is InChI=1S/C9H20N3/c1-3-5-10-12-8-6-11(4-2)7-9-12/h3-9H2,1-2H3. The summed E-state index contributed by atoms with van der Waals surface area (Å²) in [7, 11) is 0. The van der Waals surface area contributed by atoms with Crippen molar-refractivity contribution in [1.82, 2.24) is 15.3 Å². The highest BCUT2D eigenvalue weighted by molar-refractivity contribution is 4.67. The summed E-state index contributed by atoms with van der Waals surface area (Å²) >= 11 is 0. The lowest BCUT2D eigenvalue weighted by Crippen LogP contribution is -2.49. The van der Waals surface area contributed by atoms with Gasteiger partial charge in [-0.05, 0) is 13.0 Å². The number of nitrogens with zero attached hydrogens (tertiary/aromatic N) is 3. The topological polar surface area (TPSA) is 20.6 Å². The van der Waals surface area contributed by atoms with Crippen molar-refractivity contribution in [2.24, 2.45) is 0 Å². The number of rotatable bonds is 4. The van der Waals surface area contributed by atoms with Gasteiger partial charge in [-0.2, -0.15) is 5.43 Å². The summed E-state index contributed by atoms with van der Waals surface area (Å²) in [5.41, 5.74) is 4.48. The molecule has 0 bridgehead atoms. The highest BCUT2D eigenvalue weighted by Gasteiger charge is 2.14. The maximum atomic E-state index is 4.48. The van der Waals surface area contributed by atoms with Crippen LogP contribution in [0.5, 0.6) is 0 Å². The Morgan fingerprint density at radius 1 is 1.08 bits per heavy atom. The quantitative estimate of drug-likeness (QED) is 0.614. The van der Waals surface area contributed by atoms with Gasteiger partial charge in [0, 0.05) is 32.7 Å². The van der Waals surface area contributed by atoms with E-state index in [2.05, 4.69) is 29.2 Å².